The van der Waals surface area contributed by atoms with Gasteiger partial charge in [-0.15, -0.1) is 0 Å². The molecule has 1 aliphatic carbocycles. The van der Waals surface area contributed by atoms with Crippen molar-refractivity contribution in [1.82, 2.24) is 5.06 Å². The van der Waals surface area contributed by atoms with E-state index in [4.69, 9.17) is 4.84 Å². The number of benzene rings is 1. The number of hydrogen-bond donors (Lipinski definition) is 0. The van der Waals surface area contributed by atoms with Gasteiger partial charge in [-0.05, 0) is 55.7 Å². The van der Waals surface area contributed by atoms with E-state index in [2.05, 4.69) is 38.8 Å². The Balaban J connectivity index is 1.97. The molecule has 2 fully saturated rings. The van der Waals surface area contributed by atoms with Crippen LogP contribution in [0, 0.1) is 17.7 Å². The van der Waals surface area contributed by atoms with Crippen LogP contribution in [0.25, 0.3) is 0 Å². The summed E-state index contributed by atoms with van der Waals surface area (Å²) in [7, 11) is 2.05. The van der Waals surface area contributed by atoms with Gasteiger partial charge in [0.15, 0.2) is 0 Å². The third-order valence-electron chi connectivity index (χ3n) is 5.65. The van der Waals surface area contributed by atoms with Gasteiger partial charge in [0.05, 0.1) is 5.60 Å². The normalized spacial score (nSPS) is 39.2. The van der Waals surface area contributed by atoms with Crippen LogP contribution in [0.4, 0.5) is 4.39 Å². The van der Waals surface area contributed by atoms with Gasteiger partial charge >= 0.3 is 0 Å². The van der Waals surface area contributed by atoms with Crippen molar-refractivity contribution >= 4 is 0 Å². The lowest BCUT2D eigenvalue weighted by atomic mass is 9.59. The number of hydrogen-bond acceptors (Lipinski definition) is 2. The highest BCUT2D eigenvalue weighted by Crippen LogP contribution is 2.53. The fourth-order valence-electron chi connectivity index (χ4n) is 4.79. The first-order valence-electron chi connectivity index (χ1n) is 7.91. The van der Waals surface area contributed by atoms with E-state index in [0.717, 1.165) is 18.4 Å². The van der Waals surface area contributed by atoms with E-state index in [1.807, 2.05) is 13.1 Å². The predicted octanol–water partition coefficient (Wildman–Crippen LogP) is 4.15. The van der Waals surface area contributed by atoms with E-state index < -0.39 is 0 Å². The molecule has 2 nitrogen and oxygen atoms in total. The molecule has 0 amide bonds. The molecule has 3 rings (SSSR count). The first-order valence-corrected chi connectivity index (χ1v) is 7.91. The number of rotatable bonds is 1. The molecule has 21 heavy (non-hydrogen) atoms. The van der Waals surface area contributed by atoms with E-state index in [9.17, 15) is 4.39 Å². The highest BCUT2D eigenvalue weighted by atomic mass is 19.1. The second-order valence-electron chi connectivity index (χ2n) is 7.79. The van der Waals surface area contributed by atoms with Crippen molar-refractivity contribution < 1.29 is 9.23 Å². The number of halogens is 1. The largest absolute Gasteiger partial charge is 0.293 e. The molecule has 1 saturated heterocycles. The summed E-state index contributed by atoms with van der Waals surface area (Å²) in [5, 5.41) is 2.06. The molecule has 1 heterocycles. The molecular weight excluding hydrogens is 265 g/mol. The molecule has 0 bridgehead atoms. The highest BCUT2D eigenvalue weighted by Gasteiger charge is 2.55. The molecule has 0 aromatic heterocycles. The Morgan fingerprint density at radius 1 is 1.24 bits per heavy atom. The zero-order valence-electron chi connectivity index (χ0n) is 13.7. The lowest BCUT2D eigenvalue weighted by Gasteiger charge is -2.46. The zero-order valence-corrected chi connectivity index (χ0v) is 13.7. The molecule has 116 valence electrons. The smallest absolute Gasteiger partial charge is 0.123 e. The molecule has 1 saturated carbocycles. The molecule has 4 atom stereocenters. The van der Waals surface area contributed by atoms with Gasteiger partial charge in [0.25, 0.3) is 0 Å². The molecule has 1 aromatic rings. The summed E-state index contributed by atoms with van der Waals surface area (Å²) < 4.78 is 13.6. The standard InChI is InChI=1S/C18H26FNO/c1-12-10-18(4,13-7-6-8-14(19)9-13)11-15-16(12)20(5)21-17(15,2)3/h6-9,12,15-16H,10-11H2,1-5H3. The van der Waals surface area contributed by atoms with Crippen LogP contribution in [0.15, 0.2) is 24.3 Å². The predicted molar refractivity (Wildman–Crippen MR) is 82.4 cm³/mol. The Morgan fingerprint density at radius 3 is 2.62 bits per heavy atom. The lowest BCUT2D eigenvalue weighted by molar-refractivity contribution is -0.182. The summed E-state index contributed by atoms with van der Waals surface area (Å²) in [6.07, 6.45) is 2.12. The Kier molecular flexibility index (Phi) is 3.42. The summed E-state index contributed by atoms with van der Waals surface area (Å²) in [4.78, 5) is 6.08. The van der Waals surface area contributed by atoms with Gasteiger partial charge in [-0.1, -0.05) is 26.0 Å². The van der Waals surface area contributed by atoms with Crippen LogP contribution in [-0.2, 0) is 10.3 Å². The van der Waals surface area contributed by atoms with Gasteiger partial charge in [0.1, 0.15) is 5.82 Å². The van der Waals surface area contributed by atoms with Gasteiger partial charge in [0, 0.05) is 19.0 Å². The van der Waals surface area contributed by atoms with Crippen LogP contribution in [-0.4, -0.2) is 23.8 Å². The topological polar surface area (TPSA) is 12.5 Å². The van der Waals surface area contributed by atoms with Gasteiger partial charge in [-0.25, -0.2) is 4.39 Å². The van der Waals surface area contributed by atoms with Gasteiger partial charge in [0.2, 0.25) is 0 Å². The summed E-state index contributed by atoms with van der Waals surface area (Å²) in [5.41, 5.74) is 0.995. The quantitative estimate of drug-likeness (QED) is 0.770. The lowest BCUT2D eigenvalue weighted by Crippen LogP contribution is -2.48. The van der Waals surface area contributed by atoms with Crippen molar-refractivity contribution in [2.24, 2.45) is 11.8 Å². The van der Waals surface area contributed by atoms with Crippen LogP contribution in [0.1, 0.15) is 46.1 Å². The van der Waals surface area contributed by atoms with Crippen LogP contribution in [0.3, 0.4) is 0 Å². The second kappa shape index (κ2) is 4.79. The number of hydroxylamine groups is 2. The first kappa shape index (κ1) is 15.0. The molecule has 0 radical (unpaired) electrons. The van der Waals surface area contributed by atoms with E-state index in [1.165, 1.54) is 6.07 Å². The Hall–Kier alpha value is -0.930. The monoisotopic (exact) mass is 291 g/mol. The maximum Gasteiger partial charge on any atom is 0.123 e. The zero-order chi connectivity index (χ0) is 15.4. The summed E-state index contributed by atoms with van der Waals surface area (Å²) in [6, 6.07) is 7.59. The molecule has 2 aliphatic rings. The van der Waals surface area contributed by atoms with Crippen molar-refractivity contribution in [2.45, 2.75) is 57.6 Å². The van der Waals surface area contributed by atoms with E-state index in [1.54, 1.807) is 6.07 Å². The molecule has 0 spiro atoms. The van der Waals surface area contributed by atoms with Crippen molar-refractivity contribution in [1.29, 1.82) is 0 Å². The third-order valence-corrected chi connectivity index (χ3v) is 5.65. The average molecular weight is 291 g/mol. The minimum absolute atomic E-state index is 0.0223. The van der Waals surface area contributed by atoms with Crippen LogP contribution >= 0.6 is 0 Å². The molecular formula is C18H26FNO. The summed E-state index contributed by atoms with van der Waals surface area (Å²) >= 11 is 0. The number of fused-ring (bicyclic) bond motifs is 1. The summed E-state index contributed by atoms with van der Waals surface area (Å²) in [6.45, 7) is 8.94. The maximum absolute atomic E-state index is 13.6. The van der Waals surface area contributed by atoms with Gasteiger partial charge < -0.3 is 0 Å². The van der Waals surface area contributed by atoms with Crippen molar-refractivity contribution in [3.63, 3.8) is 0 Å². The van der Waals surface area contributed by atoms with Crippen molar-refractivity contribution in [3.05, 3.63) is 35.6 Å². The van der Waals surface area contributed by atoms with Crippen molar-refractivity contribution in [2.75, 3.05) is 7.05 Å². The molecule has 1 aliphatic heterocycles. The maximum atomic E-state index is 13.6. The van der Waals surface area contributed by atoms with E-state index >= 15 is 0 Å². The SMILES string of the molecule is CC1CC(C)(c2cccc(F)c2)CC2C1N(C)OC2(C)C. The summed E-state index contributed by atoms with van der Waals surface area (Å²) in [5.74, 6) is 0.867. The van der Waals surface area contributed by atoms with E-state index in [0.29, 0.717) is 17.9 Å². The van der Waals surface area contributed by atoms with Crippen LogP contribution in [0.2, 0.25) is 0 Å². The van der Waals surface area contributed by atoms with Crippen LogP contribution in [0.5, 0.6) is 0 Å². The third kappa shape index (κ3) is 2.40. The molecule has 3 heteroatoms. The Labute approximate surface area is 127 Å². The van der Waals surface area contributed by atoms with Gasteiger partial charge in [-0.2, -0.15) is 5.06 Å². The number of nitrogens with zero attached hydrogens (tertiary/aromatic N) is 1. The fourth-order valence-corrected chi connectivity index (χ4v) is 4.79. The highest BCUT2D eigenvalue weighted by molar-refractivity contribution is 5.27. The first-order chi connectivity index (χ1) is 9.73. The Morgan fingerprint density at radius 2 is 1.95 bits per heavy atom. The van der Waals surface area contributed by atoms with Crippen molar-refractivity contribution in [3.8, 4) is 0 Å². The van der Waals surface area contributed by atoms with Gasteiger partial charge in [-0.3, -0.25) is 4.84 Å². The molecule has 4 unspecified atom stereocenters. The van der Waals surface area contributed by atoms with E-state index in [-0.39, 0.29) is 16.8 Å². The second-order valence-corrected chi connectivity index (χ2v) is 7.79. The minimum atomic E-state index is -0.150. The molecule has 1 aromatic carbocycles. The fraction of sp³-hybridized carbons (Fsp3) is 0.667. The minimum Gasteiger partial charge on any atom is -0.293 e. The average Bonchev–Trinajstić information content (AvgIpc) is 2.59. The Bertz CT molecular complexity index is 544. The van der Waals surface area contributed by atoms with Crippen LogP contribution < -0.4 is 0 Å². The molecule has 0 N–H and O–H groups in total.